The van der Waals surface area contributed by atoms with Crippen molar-refractivity contribution in [3.63, 3.8) is 0 Å². The van der Waals surface area contributed by atoms with Crippen LogP contribution in [0.5, 0.6) is 0 Å². The van der Waals surface area contributed by atoms with E-state index in [-0.39, 0.29) is 13.2 Å². The van der Waals surface area contributed by atoms with Crippen LogP contribution in [0.1, 0.15) is 11.1 Å². The van der Waals surface area contributed by atoms with E-state index >= 15 is 0 Å². The predicted octanol–water partition coefficient (Wildman–Crippen LogP) is 2.06. The van der Waals surface area contributed by atoms with Crippen molar-refractivity contribution in [2.45, 2.75) is 11.2 Å². The van der Waals surface area contributed by atoms with Gasteiger partial charge in [0, 0.05) is 25.3 Å². The van der Waals surface area contributed by atoms with E-state index in [1.807, 2.05) is 12.1 Å². The quantitative estimate of drug-likeness (QED) is 0.811. The molecule has 134 valence electrons. The van der Waals surface area contributed by atoms with Crippen LogP contribution in [0.2, 0.25) is 0 Å². The van der Waals surface area contributed by atoms with Gasteiger partial charge in [0.1, 0.15) is 13.2 Å². The predicted molar refractivity (Wildman–Crippen MR) is 100.0 cm³/mol. The van der Waals surface area contributed by atoms with E-state index < -0.39 is 11.2 Å². The molecule has 2 N–H and O–H groups in total. The van der Waals surface area contributed by atoms with Gasteiger partial charge in [-0.15, -0.1) is 0 Å². The van der Waals surface area contributed by atoms with Crippen LogP contribution in [0.3, 0.4) is 0 Å². The lowest BCUT2D eigenvalue weighted by Gasteiger charge is -2.37. The smallest absolute Gasteiger partial charge is 0.196 e. The average Bonchev–Trinajstić information content (AvgIpc) is 2.69. The third-order valence-electron chi connectivity index (χ3n) is 3.88. The normalized spacial score (nSPS) is 14.8. The Labute approximate surface area is 154 Å². The fourth-order valence-corrected chi connectivity index (χ4v) is 2.57. The summed E-state index contributed by atoms with van der Waals surface area (Å²) < 4.78 is 9.94. The highest BCUT2D eigenvalue weighted by molar-refractivity contribution is 5.47. The van der Waals surface area contributed by atoms with Gasteiger partial charge < -0.3 is 19.7 Å². The molecule has 2 aromatic carbocycles. The van der Waals surface area contributed by atoms with Crippen molar-refractivity contribution >= 4 is 0 Å². The van der Waals surface area contributed by atoms with E-state index in [1.165, 1.54) is 14.2 Å². The molecule has 0 heterocycles. The van der Waals surface area contributed by atoms with Gasteiger partial charge in [-0.25, -0.2) is 0 Å². The molecular weight excluding hydrogens is 328 g/mol. The third-order valence-corrected chi connectivity index (χ3v) is 3.88. The van der Waals surface area contributed by atoms with Crippen molar-refractivity contribution < 1.29 is 19.7 Å². The van der Waals surface area contributed by atoms with Crippen molar-refractivity contribution in [1.29, 1.82) is 0 Å². The minimum atomic E-state index is -1.96. The van der Waals surface area contributed by atoms with Gasteiger partial charge in [0.2, 0.25) is 0 Å². The molecule has 0 saturated carbocycles. The van der Waals surface area contributed by atoms with Gasteiger partial charge in [0.25, 0.3) is 0 Å². The van der Waals surface area contributed by atoms with Gasteiger partial charge in [-0.2, -0.15) is 0 Å². The molecule has 4 heteroatoms. The summed E-state index contributed by atoms with van der Waals surface area (Å²) in [5, 5.41) is 23.1. The zero-order chi connectivity index (χ0) is 18.9. The fraction of sp³-hybridized carbons (Fsp3) is 0.273. The topological polar surface area (TPSA) is 58.9 Å². The summed E-state index contributed by atoms with van der Waals surface area (Å²) >= 11 is 0. The molecule has 0 aliphatic heterocycles. The number of hydrogen-bond acceptors (Lipinski definition) is 4. The lowest BCUT2D eigenvalue weighted by molar-refractivity contribution is -0.0892. The fourth-order valence-electron chi connectivity index (χ4n) is 2.57. The number of methoxy groups -OCH3 is 2. The lowest BCUT2D eigenvalue weighted by atomic mass is 9.74. The maximum absolute atomic E-state index is 11.6. The monoisotopic (exact) mass is 350 g/mol. The van der Waals surface area contributed by atoms with Crippen molar-refractivity contribution in [1.82, 2.24) is 0 Å². The molecule has 2 atom stereocenters. The first kappa shape index (κ1) is 19.7. The van der Waals surface area contributed by atoms with Gasteiger partial charge in [-0.3, -0.25) is 0 Å². The largest absolute Gasteiger partial charge is 0.372 e. The number of ether oxygens (including phenoxy) is 2. The first-order valence-electron chi connectivity index (χ1n) is 8.12. The Balaban J connectivity index is 2.71. The third kappa shape index (κ3) is 4.14. The van der Waals surface area contributed by atoms with E-state index in [4.69, 9.17) is 9.47 Å². The molecule has 0 saturated heterocycles. The van der Waals surface area contributed by atoms with E-state index in [0.29, 0.717) is 11.1 Å². The first-order valence-corrected chi connectivity index (χ1v) is 8.12. The molecule has 0 amide bonds. The zero-order valence-corrected chi connectivity index (χ0v) is 14.9. The summed E-state index contributed by atoms with van der Waals surface area (Å²) in [5.74, 6) is 11.1. The van der Waals surface area contributed by atoms with Crippen LogP contribution in [0.25, 0.3) is 0 Å². The summed E-state index contributed by atoms with van der Waals surface area (Å²) in [5.41, 5.74) is -3.06. The highest BCUT2D eigenvalue weighted by atomic mass is 16.5. The standard InChI is InChI=1S/C22H22O4/c1-25-17-9-15-21(23,19-11-5-3-6-12-19)22(24,16-10-18-26-2)20-13-7-4-8-14-20/h3-8,11-14,23-24H,17-18H2,1-2H3. The van der Waals surface area contributed by atoms with Crippen LogP contribution < -0.4 is 0 Å². The Kier molecular flexibility index (Phi) is 6.97. The summed E-state index contributed by atoms with van der Waals surface area (Å²) in [7, 11) is 3.02. The molecule has 0 bridgehead atoms. The molecular formula is C22H22O4. The highest BCUT2D eigenvalue weighted by Crippen LogP contribution is 2.40. The second-order valence-corrected chi connectivity index (χ2v) is 5.62. The Morgan fingerprint density at radius 1 is 0.692 bits per heavy atom. The van der Waals surface area contributed by atoms with E-state index in [2.05, 4.69) is 23.7 Å². The van der Waals surface area contributed by atoms with Gasteiger partial charge in [0.05, 0.1) is 0 Å². The Bertz CT molecular complexity index is 740. The van der Waals surface area contributed by atoms with Gasteiger partial charge in [-0.1, -0.05) is 84.3 Å². The second-order valence-electron chi connectivity index (χ2n) is 5.62. The number of aliphatic hydroxyl groups is 2. The average molecular weight is 350 g/mol. The maximum atomic E-state index is 11.6. The summed E-state index contributed by atoms with van der Waals surface area (Å²) in [6, 6.07) is 17.5. The van der Waals surface area contributed by atoms with Crippen molar-refractivity contribution in [3.05, 3.63) is 71.8 Å². The number of hydrogen-bond donors (Lipinski definition) is 2. The van der Waals surface area contributed by atoms with Crippen LogP contribution in [0, 0.1) is 23.7 Å². The Morgan fingerprint density at radius 2 is 1.04 bits per heavy atom. The first-order chi connectivity index (χ1) is 12.6. The second kappa shape index (κ2) is 9.20. The van der Waals surface area contributed by atoms with E-state index in [1.54, 1.807) is 48.5 Å². The van der Waals surface area contributed by atoms with Crippen LogP contribution in [0.15, 0.2) is 60.7 Å². The molecule has 0 spiro atoms. The molecule has 0 aromatic heterocycles. The van der Waals surface area contributed by atoms with Crippen LogP contribution >= 0.6 is 0 Å². The van der Waals surface area contributed by atoms with Crippen LogP contribution in [-0.4, -0.2) is 37.6 Å². The molecule has 4 nitrogen and oxygen atoms in total. The zero-order valence-electron chi connectivity index (χ0n) is 14.9. The highest BCUT2D eigenvalue weighted by Gasteiger charge is 2.50. The summed E-state index contributed by atoms with van der Waals surface area (Å²) in [6.07, 6.45) is 0. The van der Waals surface area contributed by atoms with Gasteiger partial charge in [0.15, 0.2) is 11.2 Å². The Hall–Kier alpha value is -2.60. The number of benzene rings is 2. The van der Waals surface area contributed by atoms with Crippen LogP contribution in [0.4, 0.5) is 0 Å². The molecule has 0 aliphatic carbocycles. The molecule has 0 aliphatic rings. The summed E-state index contributed by atoms with van der Waals surface area (Å²) in [6.45, 7) is 0.233. The van der Waals surface area contributed by atoms with Crippen molar-refractivity contribution in [2.24, 2.45) is 0 Å². The molecule has 2 rings (SSSR count). The van der Waals surface area contributed by atoms with Crippen molar-refractivity contribution in [2.75, 3.05) is 27.4 Å². The minimum absolute atomic E-state index is 0.117. The molecule has 2 unspecified atom stereocenters. The molecule has 0 radical (unpaired) electrons. The van der Waals surface area contributed by atoms with E-state index in [9.17, 15) is 10.2 Å². The SMILES string of the molecule is COCC#CC(O)(c1ccccc1)C(O)(C#CCOC)c1ccccc1. The van der Waals surface area contributed by atoms with Gasteiger partial charge in [-0.05, 0) is 0 Å². The Morgan fingerprint density at radius 3 is 1.35 bits per heavy atom. The maximum Gasteiger partial charge on any atom is 0.196 e. The van der Waals surface area contributed by atoms with Gasteiger partial charge >= 0.3 is 0 Å². The van der Waals surface area contributed by atoms with Crippen LogP contribution in [-0.2, 0) is 20.7 Å². The molecule has 2 aromatic rings. The molecule has 0 fully saturated rings. The molecule has 26 heavy (non-hydrogen) atoms. The lowest BCUT2D eigenvalue weighted by Crippen LogP contribution is -2.48. The number of rotatable bonds is 5. The minimum Gasteiger partial charge on any atom is -0.372 e. The summed E-state index contributed by atoms with van der Waals surface area (Å²) in [4.78, 5) is 0. The van der Waals surface area contributed by atoms with E-state index in [0.717, 1.165) is 0 Å². The van der Waals surface area contributed by atoms with Crippen molar-refractivity contribution in [3.8, 4) is 23.7 Å².